The fraction of sp³-hybridized carbons (Fsp3) is 0.909. The topological polar surface area (TPSA) is 75.4 Å². The second kappa shape index (κ2) is 6.08. The van der Waals surface area contributed by atoms with Gasteiger partial charge in [0.25, 0.3) is 0 Å². The molecule has 0 aromatic carbocycles. The second-order valence-corrected chi connectivity index (χ2v) is 4.50. The molecule has 0 aromatic rings. The molecule has 1 rings (SSSR count). The largest absolute Gasteiger partial charge is 0.396 e. The van der Waals surface area contributed by atoms with Crippen molar-refractivity contribution in [1.29, 1.82) is 0 Å². The van der Waals surface area contributed by atoms with Crippen LogP contribution in [0.25, 0.3) is 0 Å². The molecule has 1 saturated carbocycles. The maximum atomic E-state index is 11.3. The maximum Gasteiger partial charge on any atom is 0.221 e. The molecule has 1 amide bonds. The van der Waals surface area contributed by atoms with Gasteiger partial charge < -0.3 is 16.2 Å². The summed E-state index contributed by atoms with van der Waals surface area (Å²) < 4.78 is 0. The van der Waals surface area contributed by atoms with Gasteiger partial charge in [0.1, 0.15) is 0 Å². The van der Waals surface area contributed by atoms with Gasteiger partial charge in [-0.05, 0) is 24.7 Å². The van der Waals surface area contributed by atoms with Crippen LogP contribution in [0.2, 0.25) is 0 Å². The highest BCUT2D eigenvalue weighted by molar-refractivity contribution is 5.76. The van der Waals surface area contributed by atoms with E-state index in [1.165, 1.54) is 12.8 Å². The van der Waals surface area contributed by atoms with Gasteiger partial charge in [-0.1, -0.05) is 12.8 Å². The third kappa shape index (κ3) is 3.80. The minimum absolute atomic E-state index is 0.0294. The Morgan fingerprint density at radius 3 is 2.60 bits per heavy atom. The molecule has 1 aliphatic carbocycles. The molecule has 0 heterocycles. The Balaban J connectivity index is 2.35. The number of hydrogen-bond donors (Lipinski definition) is 3. The van der Waals surface area contributed by atoms with Crippen LogP contribution in [0.15, 0.2) is 0 Å². The molecule has 88 valence electrons. The molecule has 0 radical (unpaired) electrons. The molecule has 4 N–H and O–H groups in total. The number of nitrogens with two attached hydrogens (primary N) is 1. The zero-order valence-corrected chi connectivity index (χ0v) is 9.30. The SMILES string of the molecule is NCCC(=O)NCC1(CCO)CCCC1. The number of hydrogen-bond acceptors (Lipinski definition) is 3. The smallest absolute Gasteiger partial charge is 0.221 e. The normalized spacial score (nSPS) is 19.1. The third-order valence-corrected chi connectivity index (χ3v) is 3.34. The van der Waals surface area contributed by atoms with Crippen molar-refractivity contribution in [3.8, 4) is 0 Å². The lowest BCUT2D eigenvalue weighted by Gasteiger charge is -2.28. The van der Waals surface area contributed by atoms with Crippen LogP contribution in [0.3, 0.4) is 0 Å². The first-order chi connectivity index (χ1) is 7.22. The Labute approximate surface area is 91.2 Å². The molecule has 0 atom stereocenters. The predicted octanol–water partition coefficient (Wildman–Crippen LogP) is 0.394. The molecule has 0 spiro atoms. The fourth-order valence-corrected chi connectivity index (χ4v) is 2.38. The van der Waals surface area contributed by atoms with E-state index in [1.807, 2.05) is 0 Å². The number of rotatable bonds is 6. The van der Waals surface area contributed by atoms with Crippen LogP contribution in [0.1, 0.15) is 38.5 Å². The van der Waals surface area contributed by atoms with E-state index >= 15 is 0 Å². The summed E-state index contributed by atoms with van der Waals surface area (Å²) in [5.74, 6) is 0.0294. The summed E-state index contributed by atoms with van der Waals surface area (Å²) in [6.45, 7) is 1.32. The molecule has 0 bridgehead atoms. The Bertz CT molecular complexity index is 201. The van der Waals surface area contributed by atoms with Gasteiger partial charge >= 0.3 is 0 Å². The monoisotopic (exact) mass is 214 g/mol. The summed E-state index contributed by atoms with van der Waals surface area (Å²) in [6, 6.07) is 0. The van der Waals surface area contributed by atoms with Crippen molar-refractivity contribution >= 4 is 5.91 Å². The summed E-state index contributed by atoms with van der Waals surface area (Å²) in [6.07, 6.45) is 5.87. The molecule has 4 nitrogen and oxygen atoms in total. The average molecular weight is 214 g/mol. The van der Waals surface area contributed by atoms with Gasteiger partial charge in [-0.3, -0.25) is 4.79 Å². The maximum absolute atomic E-state index is 11.3. The van der Waals surface area contributed by atoms with E-state index in [2.05, 4.69) is 5.32 Å². The highest BCUT2D eigenvalue weighted by atomic mass is 16.3. The van der Waals surface area contributed by atoms with Gasteiger partial charge in [-0.15, -0.1) is 0 Å². The van der Waals surface area contributed by atoms with E-state index in [-0.39, 0.29) is 17.9 Å². The predicted molar refractivity (Wildman–Crippen MR) is 59.3 cm³/mol. The van der Waals surface area contributed by atoms with Crippen molar-refractivity contribution < 1.29 is 9.90 Å². The van der Waals surface area contributed by atoms with E-state index in [0.717, 1.165) is 19.3 Å². The molecule has 1 fully saturated rings. The van der Waals surface area contributed by atoms with E-state index in [0.29, 0.717) is 19.5 Å². The zero-order chi connectivity index (χ0) is 11.1. The van der Waals surface area contributed by atoms with Crippen molar-refractivity contribution in [3.63, 3.8) is 0 Å². The van der Waals surface area contributed by atoms with Crippen LogP contribution in [0.5, 0.6) is 0 Å². The van der Waals surface area contributed by atoms with Crippen molar-refractivity contribution in [1.82, 2.24) is 5.32 Å². The Morgan fingerprint density at radius 2 is 2.07 bits per heavy atom. The number of nitrogens with one attached hydrogen (secondary N) is 1. The number of carbonyl (C=O) groups excluding carboxylic acids is 1. The molecule has 1 aliphatic rings. The van der Waals surface area contributed by atoms with Gasteiger partial charge in [0.05, 0.1) is 0 Å². The van der Waals surface area contributed by atoms with Crippen LogP contribution in [-0.4, -0.2) is 30.7 Å². The first-order valence-corrected chi connectivity index (χ1v) is 5.80. The van der Waals surface area contributed by atoms with Crippen molar-refractivity contribution in [2.75, 3.05) is 19.7 Å². The standard InChI is InChI=1S/C11H22N2O2/c12-7-3-10(15)13-9-11(6-8-14)4-1-2-5-11/h14H,1-9,12H2,(H,13,15). The molecular formula is C11H22N2O2. The first kappa shape index (κ1) is 12.5. The van der Waals surface area contributed by atoms with E-state index in [1.54, 1.807) is 0 Å². The molecule has 0 aromatic heterocycles. The van der Waals surface area contributed by atoms with E-state index in [4.69, 9.17) is 10.8 Å². The van der Waals surface area contributed by atoms with Crippen LogP contribution in [0, 0.1) is 5.41 Å². The van der Waals surface area contributed by atoms with E-state index < -0.39 is 0 Å². The minimum Gasteiger partial charge on any atom is -0.396 e. The fourth-order valence-electron chi connectivity index (χ4n) is 2.38. The van der Waals surface area contributed by atoms with Gasteiger partial charge in [-0.2, -0.15) is 0 Å². The average Bonchev–Trinajstić information content (AvgIpc) is 2.65. The number of aliphatic hydroxyl groups excluding tert-OH is 1. The number of carbonyl (C=O) groups is 1. The Hall–Kier alpha value is -0.610. The van der Waals surface area contributed by atoms with Gasteiger partial charge in [0.2, 0.25) is 5.91 Å². The summed E-state index contributed by atoms with van der Waals surface area (Å²) in [5.41, 5.74) is 5.46. The quantitative estimate of drug-likeness (QED) is 0.599. The number of amides is 1. The zero-order valence-electron chi connectivity index (χ0n) is 9.30. The van der Waals surface area contributed by atoms with Crippen molar-refractivity contribution in [3.05, 3.63) is 0 Å². The lowest BCUT2D eigenvalue weighted by atomic mass is 9.83. The lowest BCUT2D eigenvalue weighted by Crippen LogP contribution is -2.37. The van der Waals surface area contributed by atoms with Gasteiger partial charge in [-0.25, -0.2) is 0 Å². The highest BCUT2D eigenvalue weighted by Gasteiger charge is 2.33. The van der Waals surface area contributed by atoms with Crippen LogP contribution < -0.4 is 11.1 Å². The summed E-state index contributed by atoms with van der Waals surface area (Å²) in [4.78, 5) is 11.3. The van der Waals surface area contributed by atoms with Gasteiger partial charge in [0.15, 0.2) is 0 Å². The summed E-state index contributed by atoms with van der Waals surface area (Å²) >= 11 is 0. The highest BCUT2D eigenvalue weighted by Crippen LogP contribution is 2.40. The van der Waals surface area contributed by atoms with Crippen molar-refractivity contribution in [2.45, 2.75) is 38.5 Å². The number of aliphatic hydroxyl groups is 1. The summed E-state index contributed by atoms with van der Waals surface area (Å²) in [5, 5.41) is 11.9. The molecule has 0 saturated heterocycles. The molecule has 15 heavy (non-hydrogen) atoms. The van der Waals surface area contributed by atoms with E-state index in [9.17, 15) is 4.79 Å². The van der Waals surface area contributed by atoms with Crippen LogP contribution in [0.4, 0.5) is 0 Å². The Kier molecular flexibility index (Phi) is 5.05. The van der Waals surface area contributed by atoms with Crippen molar-refractivity contribution in [2.24, 2.45) is 11.1 Å². The third-order valence-electron chi connectivity index (χ3n) is 3.34. The van der Waals surface area contributed by atoms with Crippen LogP contribution in [-0.2, 0) is 4.79 Å². The van der Waals surface area contributed by atoms with Crippen LogP contribution >= 0.6 is 0 Å². The summed E-state index contributed by atoms with van der Waals surface area (Å²) in [7, 11) is 0. The minimum atomic E-state index is 0.0294. The van der Waals surface area contributed by atoms with Gasteiger partial charge in [0, 0.05) is 26.1 Å². The molecular weight excluding hydrogens is 192 g/mol. The lowest BCUT2D eigenvalue weighted by molar-refractivity contribution is -0.121. The molecule has 0 unspecified atom stereocenters. The molecule has 4 heteroatoms. The second-order valence-electron chi connectivity index (χ2n) is 4.50. The molecule has 0 aliphatic heterocycles. The first-order valence-electron chi connectivity index (χ1n) is 5.80. The Morgan fingerprint density at radius 1 is 1.40 bits per heavy atom.